The molecule has 0 fully saturated rings. The summed E-state index contributed by atoms with van der Waals surface area (Å²) >= 11 is 1.04. The molecular formula is C12H9FN4OS. The molecule has 19 heavy (non-hydrogen) atoms. The molecule has 0 saturated heterocycles. The van der Waals surface area contributed by atoms with E-state index < -0.39 is 11.7 Å². The van der Waals surface area contributed by atoms with Crippen LogP contribution in [0.2, 0.25) is 0 Å². The van der Waals surface area contributed by atoms with Gasteiger partial charge in [0.1, 0.15) is 10.7 Å². The van der Waals surface area contributed by atoms with Crippen molar-refractivity contribution in [1.82, 2.24) is 4.98 Å². The van der Waals surface area contributed by atoms with Gasteiger partial charge in [-0.1, -0.05) is 11.3 Å². The van der Waals surface area contributed by atoms with Crippen molar-refractivity contribution in [2.75, 3.05) is 11.1 Å². The summed E-state index contributed by atoms with van der Waals surface area (Å²) in [7, 11) is 0. The van der Waals surface area contributed by atoms with Crippen molar-refractivity contribution in [3.8, 4) is 6.07 Å². The summed E-state index contributed by atoms with van der Waals surface area (Å²) < 4.78 is 13.6. The summed E-state index contributed by atoms with van der Waals surface area (Å²) in [6, 6.07) is 5.64. The highest BCUT2D eigenvalue weighted by Crippen LogP contribution is 2.22. The zero-order valence-corrected chi connectivity index (χ0v) is 10.7. The van der Waals surface area contributed by atoms with E-state index in [1.165, 1.54) is 12.1 Å². The second-order valence-electron chi connectivity index (χ2n) is 3.73. The number of aryl methyl sites for hydroxylation is 1. The number of nitrogen functional groups attached to an aromatic ring is 1. The normalized spacial score (nSPS) is 9.95. The Labute approximate surface area is 112 Å². The van der Waals surface area contributed by atoms with Crippen LogP contribution in [0.4, 0.5) is 15.2 Å². The summed E-state index contributed by atoms with van der Waals surface area (Å²) in [5.74, 6) is -1.14. The molecule has 7 heteroatoms. The maximum absolute atomic E-state index is 13.6. The minimum absolute atomic E-state index is 0.00960. The summed E-state index contributed by atoms with van der Waals surface area (Å²) in [6.45, 7) is 1.65. The molecule has 1 amide bonds. The number of rotatable bonds is 2. The Balaban J connectivity index is 2.25. The van der Waals surface area contributed by atoms with Gasteiger partial charge < -0.3 is 11.1 Å². The highest BCUT2D eigenvalue weighted by atomic mass is 32.1. The van der Waals surface area contributed by atoms with E-state index in [1.807, 2.05) is 6.07 Å². The molecule has 0 atom stereocenters. The second-order valence-corrected chi connectivity index (χ2v) is 4.76. The first kappa shape index (κ1) is 13.0. The molecular weight excluding hydrogens is 267 g/mol. The Morgan fingerprint density at radius 2 is 2.32 bits per heavy atom. The van der Waals surface area contributed by atoms with Crippen molar-refractivity contribution in [2.45, 2.75) is 6.92 Å². The van der Waals surface area contributed by atoms with Crippen LogP contribution < -0.4 is 11.1 Å². The molecule has 96 valence electrons. The SMILES string of the molecule is Cc1nc(N)sc1C(=O)Nc1ccc(C#N)cc1F. The Kier molecular flexibility index (Phi) is 3.44. The van der Waals surface area contributed by atoms with Gasteiger partial charge >= 0.3 is 0 Å². The average Bonchev–Trinajstić information content (AvgIpc) is 2.71. The molecule has 2 rings (SSSR count). The smallest absolute Gasteiger partial charge is 0.267 e. The van der Waals surface area contributed by atoms with Crippen LogP contribution in [0, 0.1) is 24.1 Å². The third-order valence-corrected chi connectivity index (χ3v) is 3.35. The third kappa shape index (κ3) is 2.69. The second kappa shape index (κ2) is 5.04. The van der Waals surface area contributed by atoms with Crippen LogP contribution in [0.25, 0.3) is 0 Å². The van der Waals surface area contributed by atoms with Gasteiger partial charge in [-0.2, -0.15) is 5.26 Å². The topological polar surface area (TPSA) is 91.8 Å². The van der Waals surface area contributed by atoms with E-state index in [2.05, 4.69) is 10.3 Å². The number of nitrogens with one attached hydrogen (secondary N) is 1. The molecule has 3 N–H and O–H groups in total. The van der Waals surface area contributed by atoms with E-state index in [0.717, 1.165) is 17.4 Å². The Morgan fingerprint density at radius 3 is 2.84 bits per heavy atom. The fraction of sp³-hybridized carbons (Fsp3) is 0.0833. The van der Waals surface area contributed by atoms with E-state index in [-0.39, 0.29) is 16.4 Å². The standard InChI is InChI=1S/C12H9FN4OS/c1-6-10(19-12(15)16-6)11(18)17-9-3-2-7(5-14)4-8(9)13/h2-4H,1H3,(H2,15,16)(H,17,18). The fourth-order valence-corrected chi connectivity index (χ4v) is 2.22. The van der Waals surface area contributed by atoms with Gasteiger partial charge in [0, 0.05) is 0 Å². The number of nitrogens with zero attached hydrogens (tertiary/aromatic N) is 2. The van der Waals surface area contributed by atoms with Gasteiger partial charge in [0.25, 0.3) is 5.91 Å². The zero-order chi connectivity index (χ0) is 14.0. The minimum Gasteiger partial charge on any atom is -0.375 e. The average molecular weight is 276 g/mol. The van der Waals surface area contributed by atoms with Crippen LogP contribution >= 0.6 is 11.3 Å². The summed E-state index contributed by atoms with van der Waals surface area (Å²) in [4.78, 5) is 16.2. The van der Waals surface area contributed by atoms with Crippen molar-refractivity contribution >= 4 is 28.1 Å². The van der Waals surface area contributed by atoms with E-state index in [4.69, 9.17) is 11.0 Å². The van der Waals surface area contributed by atoms with E-state index in [9.17, 15) is 9.18 Å². The number of benzene rings is 1. The number of aromatic nitrogens is 1. The van der Waals surface area contributed by atoms with Crippen molar-refractivity contribution in [3.05, 3.63) is 40.2 Å². The lowest BCUT2D eigenvalue weighted by atomic mass is 10.2. The summed E-state index contributed by atoms with van der Waals surface area (Å²) in [5, 5.41) is 11.3. The molecule has 0 aliphatic carbocycles. The first-order valence-corrected chi connectivity index (χ1v) is 6.07. The quantitative estimate of drug-likeness (QED) is 0.880. The van der Waals surface area contributed by atoms with Crippen molar-refractivity contribution in [1.29, 1.82) is 5.26 Å². The van der Waals surface area contributed by atoms with E-state index in [0.29, 0.717) is 10.6 Å². The fourth-order valence-electron chi connectivity index (χ4n) is 1.49. The molecule has 0 aliphatic rings. The van der Waals surface area contributed by atoms with Crippen LogP contribution in [0.15, 0.2) is 18.2 Å². The Morgan fingerprint density at radius 1 is 1.58 bits per heavy atom. The molecule has 0 aliphatic heterocycles. The number of halogens is 1. The summed E-state index contributed by atoms with van der Waals surface area (Å²) in [5.41, 5.74) is 6.19. The lowest BCUT2D eigenvalue weighted by Gasteiger charge is -2.05. The molecule has 0 bridgehead atoms. The first-order valence-electron chi connectivity index (χ1n) is 5.25. The molecule has 1 heterocycles. The number of carbonyl (C=O) groups excluding carboxylic acids is 1. The molecule has 0 unspecified atom stereocenters. The number of carbonyl (C=O) groups is 1. The number of nitriles is 1. The van der Waals surface area contributed by atoms with Crippen LogP contribution in [0.3, 0.4) is 0 Å². The predicted molar refractivity (Wildman–Crippen MR) is 70.3 cm³/mol. The van der Waals surface area contributed by atoms with Gasteiger partial charge in [-0.15, -0.1) is 0 Å². The molecule has 2 aromatic rings. The lowest BCUT2D eigenvalue weighted by Crippen LogP contribution is -2.12. The van der Waals surface area contributed by atoms with Crippen LogP contribution in [-0.2, 0) is 0 Å². The number of hydrogen-bond acceptors (Lipinski definition) is 5. The van der Waals surface area contributed by atoms with Crippen LogP contribution in [0.1, 0.15) is 20.9 Å². The molecule has 0 spiro atoms. The number of nitrogens with two attached hydrogens (primary N) is 1. The van der Waals surface area contributed by atoms with Gasteiger partial charge in [-0.25, -0.2) is 9.37 Å². The minimum atomic E-state index is -0.664. The number of hydrogen-bond donors (Lipinski definition) is 2. The third-order valence-electron chi connectivity index (χ3n) is 2.37. The largest absolute Gasteiger partial charge is 0.375 e. The van der Waals surface area contributed by atoms with Crippen molar-refractivity contribution < 1.29 is 9.18 Å². The number of anilines is 2. The Bertz CT molecular complexity index is 690. The Hall–Kier alpha value is -2.46. The molecule has 1 aromatic carbocycles. The molecule has 0 radical (unpaired) electrons. The van der Waals surface area contributed by atoms with E-state index >= 15 is 0 Å². The lowest BCUT2D eigenvalue weighted by molar-refractivity contribution is 0.102. The number of thiazole rings is 1. The van der Waals surface area contributed by atoms with Crippen LogP contribution in [-0.4, -0.2) is 10.9 Å². The van der Waals surface area contributed by atoms with Crippen molar-refractivity contribution in [3.63, 3.8) is 0 Å². The molecule has 1 aromatic heterocycles. The van der Waals surface area contributed by atoms with Gasteiger partial charge in [-0.05, 0) is 25.1 Å². The van der Waals surface area contributed by atoms with Crippen molar-refractivity contribution in [2.24, 2.45) is 0 Å². The first-order chi connectivity index (χ1) is 9.01. The maximum atomic E-state index is 13.6. The van der Waals surface area contributed by atoms with Crippen LogP contribution in [0.5, 0.6) is 0 Å². The van der Waals surface area contributed by atoms with Gasteiger partial charge in [0.15, 0.2) is 5.13 Å². The summed E-state index contributed by atoms with van der Waals surface area (Å²) in [6.07, 6.45) is 0. The van der Waals surface area contributed by atoms with E-state index in [1.54, 1.807) is 6.92 Å². The molecule has 0 saturated carbocycles. The molecule has 5 nitrogen and oxygen atoms in total. The van der Waals surface area contributed by atoms with Gasteiger partial charge in [-0.3, -0.25) is 4.79 Å². The zero-order valence-electron chi connectivity index (χ0n) is 9.90. The van der Waals surface area contributed by atoms with Gasteiger partial charge in [0.05, 0.1) is 23.0 Å². The number of amides is 1. The highest BCUT2D eigenvalue weighted by Gasteiger charge is 2.16. The maximum Gasteiger partial charge on any atom is 0.267 e. The predicted octanol–water partition coefficient (Wildman–Crippen LogP) is 2.30. The van der Waals surface area contributed by atoms with Gasteiger partial charge in [0.2, 0.25) is 0 Å². The highest BCUT2D eigenvalue weighted by molar-refractivity contribution is 7.17. The monoisotopic (exact) mass is 276 g/mol.